The average molecular weight is 273 g/mol. The summed E-state index contributed by atoms with van der Waals surface area (Å²) >= 11 is 0. The normalized spacial score (nSPS) is 24.4. The minimum absolute atomic E-state index is 0.0510. The zero-order chi connectivity index (χ0) is 14.3. The van der Waals surface area contributed by atoms with Gasteiger partial charge in [-0.2, -0.15) is 0 Å². The first kappa shape index (κ1) is 13.1. The molecular weight excluding hydrogens is 254 g/mol. The van der Waals surface area contributed by atoms with Gasteiger partial charge in [-0.05, 0) is 37.1 Å². The Hall–Kier alpha value is -1.88. The van der Waals surface area contributed by atoms with E-state index < -0.39 is 0 Å². The summed E-state index contributed by atoms with van der Waals surface area (Å²) in [7, 11) is 3.44. The number of nitrogens with one attached hydrogen (secondary N) is 2. The third-order valence-corrected chi connectivity index (χ3v) is 4.27. The molecule has 2 aliphatic heterocycles. The van der Waals surface area contributed by atoms with Crippen LogP contribution in [-0.4, -0.2) is 43.9 Å². The van der Waals surface area contributed by atoms with Crippen LogP contribution in [0.3, 0.4) is 0 Å². The number of rotatable bonds is 1. The molecule has 106 valence electrons. The highest BCUT2D eigenvalue weighted by atomic mass is 16.2. The molecule has 5 nitrogen and oxygen atoms in total. The first-order valence-corrected chi connectivity index (χ1v) is 6.89. The van der Waals surface area contributed by atoms with Crippen molar-refractivity contribution in [1.82, 2.24) is 10.2 Å². The van der Waals surface area contributed by atoms with Gasteiger partial charge in [0.25, 0.3) is 5.91 Å². The van der Waals surface area contributed by atoms with Gasteiger partial charge in [-0.15, -0.1) is 0 Å². The third kappa shape index (κ3) is 1.98. The van der Waals surface area contributed by atoms with Crippen molar-refractivity contribution in [3.63, 3.8) is 0 Å². The number of amides is 2. The Balaban J connectivity index is 1.93. The largest absolute Gasteiger partial charge is 0.345 e. The molecule has 0 aliphatic carbocycles. The van der Waals surface area contributed by atoms with Gasteiger partial charge < -0.3 is 15.5 Å². The Bertz CT molecular complexity index is 574. The molecule has 2 N–H and O–H groups in total. The fourth-order valence-electron chi connectivity index (χ4n) is 3.03. The van der Waals surface area contributed by atoms with Gasteiger partial charge in [0.1, 0.15) is 0 Å². The number of fused-ring (bicyclic) bond motifs is 1. The van der Waals surface area contributed by atoms with Crippen LogP contribution >= 0.6 is 0 Å². The molecular formula is C15H19N3O2. The maximum absolute atomic E-state index is 12.3. The van der Waals surface area contributed by atoms with E-state index in [9.17, 15) is 9.59 Å². The molecule has 0 aromatic heterocycles. The van der Waals surface area contributed by atoms with Gasteiger partial charge in [0, 0.05) is 31.9 Å². The van der Waals surface area contributed by atoms with E-state index in [-0.39, 0.29) is 17.2 Å². The van der Waals surface area contributed by atoms with Gasteiger partial charge in [0.2, 0.25) is 5.91 Å². The Morgan fingerprint density at radius 1 is 1.35 bits per heavy atom. The lowest BCUT2D eigenvalue weighted by molar-refractivity contribution is -0.125. The lowest BCUT2D eigenvalue weighted by Crippen LogP contribution is -2.43. The van der Waals surface area contributed by atoms with Crippen LogP contribution in [0.1, 0.15) is 22.3 Å². The Labute approximate surface area is 118 Å². The molecule has 2 aliphatic rings. The topological polar surface area (TPSA) is 61.4 Å². The molecule has 5 heteroatoms. The highest BCUT2D eigenvalue weighted by Gasteiger charge is 2.44. The van der Waals surface area contributed by atoms with E-state index in [2.05, 4.69) is 10.6 Å². The van der Waals surface area contributed by atoms with Crippen LogP contribution < -0.4 is 10.6 Å². The zero-order valence-corrected chi connectivity index (χ0v) is 11.8. The summed E-state index contributed by atoms with van der Waals surface area (Å²) in [6.07, 6.45) is 1.62. The molecule has 1 saturated heterocycles. The molecule has 1 spiro atoms. The number of hydrogen-bond acceptors (Lipinski definition) is 3. The molecule has 0 radical (unpaired) electrons. The van der Waals surface area contributed by atoms with Crippen LogP contribution in [0.5, 0.6) is 0 Å². The van der Waals surface area contributed by atoms with Crippen LogP contribution in [0.4, 0.5) is 5.69 Å². The van der Waals surface area contributed by atoms with Gasteiger partial charge in [0.05, 0.1) is 5.41 Å². The van der Waals surface area contributed by atoms with E-state index in [1.165, 1.54) is 4.90 Å². The first-order chi connectivity index (χ1) is 9.52. The maximum atomic E-state index is 12.3. The Morgan fingerprint density at radius 3 is 2.80 bits per heavy atom. The van der Waals surface area contributed by atoms with Crippen LogP contribution in [0.15, 0.2) is 18.2 Å². The summed E-state index contributed by atoms with van der Waals surface area (Å²) in [4.78, 5) is 25.9. The fraction of sp³-hybridized carbons (Fsp3) is 0.467. The molecule has 2 amide bonds. The monoisotopic (exact) mass is 273 g/mol. The smallest absolute Gasteiger partial charge is 0.253 e. The van der Waals surface area contributed by atoms with Gasteiger partial charge in [-0.3, -0.25) is 9.59 Å². The summed E-state index contributed by atoms with van der Waals surface area (Å²) in [5.74, 6) is 0.0225. The molecule has 1 aromatic rings. The number of carbonyl (C=O) groups excluding carboxylic acids is 2. The van der Waals surface area contributed by atoms with Gasteiger partial charge in [-0.1, -0.05) is 6.07 Å². The van der Waals surface area contributed by atoms with Crippen molar-refractivity contribution in [2.45, 2.75) is 12.8 Å². The van der Waals surface area contributed by atoms with E-state index in [1.54, 1.807) is 20.2 Å². The van der Waals surface area contributed by atoms with Gasteiger partial charge in [-0.25, -0.2) is 0 Å². The highest BCUT2D eigenvalue weighted by Crippen LogP contribution is 2.38. The van der Waals surface area contributed by atoms with E-state index in [4.69, 9.17) is 0 Å². The van der Waals surface area contributed by atoms with E-state index >= 15 is 0 Å². The van der Waals surface area contributed by atoms with Crippen molar-refractivity contribution < 1.29 is 9.59 Å². The van der Waals surface area contributed by atoms with E-state index in [1.807, 2.05) is 12.1 Å². The van der Waals surface area contributed by atoms with E-state index in [0.29, 0.717) is 5.56 Å². The second-order valence-electron chi connectivity index (χ2n) is 5.91. The van der Waals surface area contributed by atoms with Crippen LogP contribution in [0.2, 0.25) is 0 Å². The standard InChI is InChI=1S/C15H19N3O2/c1-18(2)13(19)10-3-4-11-8-15(5-6-16-9-15)14(20)17-12(11)7-10/h3-4,7,16H,5-6,8-9H2,1-2H3,(H,17,20). The molecule has 2 heterocycles. The fourth-order valence-corrected chi connectivity index (χ4v) is 3.03. The predicted octanol–water partition coefficient (Wildman–Crippen LogP) is 0.863. The molecule has 1 aromatic carbocycles. The number of benzene rings is 1. The van der Waals surface area contributed by atoms with Crippen molar-refractivity contribution >= 4 is 17.5 Å². The van der Waals surface area contributed by atoms with Crippen LogP contribution in [0, 0.1) is 5.41 Å². The summed E-state index contributed by atoms with van der Waals surface area (Å²) in [6, 6.07) is 5.59. The number of hydrogen-bond donors (Lipinski definition) is 2. The molecule has 1 fully saturated rings. The van der Waals surface area contributed by atoms with E-state index in [0.717, 1.165) is 37.2 Å². The summed E-state index contributed by atoms with van der Waals surface area (Å²) in [5, 5.41) is 6.24. The highest BCUT2D eigenvalue weighted by molar-refractivity contribution is 6.01. The van der Waals surface area contributed by atoms with Crippen molar-refractivity contribution in [3.05, 3.63) is 29.3 Å². The van der Waals surface area contributed by atoms with Crippen molar-refractivity contribution in [2.24, 2.45) is 5.41 Å². The van der Waals surface area contributed by atoms with Crippen LogP contribution in [0.25, 0.3) is 0 Å². The lowest BCUT2D eigenvalue weighted by atomic mass is 9.77. The van der Waals surface area contributed by atoms with Gasteiger partial charge in [0.15, 0.2) is 0 Å². The average Bonchev–Trinajstić information content (AvgIpc) is 2.88. The van der Waals surface area contributed by atoms with Crippen LogP contribution in [-0.2, 0) is 11.2 Å². The predicted molar refractivity (Wildman–Crippen MR) is 76.7 cm³/mol. The first-order valence-electron chi connectivity index (χ1n) is 6.89. The molecule has 0 saturated carbocycles. The molecule has 1 unspecified atom stereocenters. The minimum Gasteiger partial charge on any atom is -0.345 e. The minimum atomic E-state index is -0.305. The number of anilines is 1. The lowest BCUT2D eigenvalue weighted by Gasteiger charge is -2.33. The molecule has 20 heavy (non-hydrogen) atoms. The van der Waals surface area contributed by atoms with Gasteiger partial charge >= 0.3 is 0 Å². The second-order valence-corrected chi connectivity index (χ2v) is 5.91. The van der Waals surface area contributed by atoms with Crippen molar-refractivity contribution in [2.75, 3.05) is 32.5 Å². The molecule has 3 rings (SSSR count). The summed E-state index contributed by atoms with van der Waals surface area (Å²) in [6.45, 7) is 1.62. The Morgan fingerprint density at radius 2 is 2.15 bits per heavy atom. The second kappa shape index (κ2) is 4.59. The van der Waals surface area contributed by atoms with Crippen molar-refractivity contribution in [3.8, 4) is 0 Å². The maximum Gasteiger partial charge on any atom is 0.253 e. The molecule has 1 atom stereocenters. The number of carbonyl (C=O) groups is 2. The molecule has 0 bridgehead atoms. The third-order valence-electron chi connectivity index (χ3n) is 4.27. The summed E-state index contributed by atoms with van der Waals surface area (Å²) < 4.78 is 0. The zero-order valence-electron chi connectivity index (χ0n) is 11.8. The Kier molecular flexibility index (Phi) is 3.01. The quantitative estimate of drug-likeness (QED) is 0.798. The summed E-state index contributed by atoms with van der Waals surface area (Å²) in [5.41, 5.74) is 2.19. The van der Waals surface area contributed by atoms with Crippen molar-refractivity contribution in [1.29, 1.82) is 0 Å². The number of nitrogens with zero attached hydrogens (tertiary/aromatic N) is 1. The SMILES string of the molecule is CN(C)C(=O)c1ccc2c(c1)NC(=O)C1(CCNC1)C2.